The monoisotopic (exact) mass is 298 g/mol. The van der Waals surface area contributed by atoms with Gasteiger partial charge in [0.25, 0.3) is 0 Å². The van der Waals surface area contributed by atoms with E-state index in [1.54, 1.807) is 0 Å². The summed E-state index contributed by atoms with van der Waals surface area (Å²) in [5.74, 6) is 1.62. The first-order valence-corrected chi connectivity index (χ1v) is 8.67. The third-order valence-electron chi connectivity index (χ3n) is 3.86. The number of nitrogens with one attached hydrogen (secondary N) is 1. The molecule has 0 aromatic carbocycles. The van der Waals surface area contributed by atoms with Crippen LogP contribution in [0.5, 0.6) is 0 Å². The highest BCUT2D eigenvalue weighted by Crippen LogP contribution is 2.28. The number of hydrogen-bond donors (Lipinski definition) is 2. The van der Waals surface area contributed by atoms with Crippen LogP contribution in [0.15, 0.2) is 0 Å². The SMILES string of the molecule is CCCC(O)(CCC)CC(=O)NC1(C#N)CCSCC1. The quantitative estimate of drug-likeness (QED) is 0.758. The fourth-order valence-electron chi connectivity index (χ4n) is 2.83. The molecule has 0 aromatic heterocycles. The van der Waals surface area contributed by atoms with E-state index in [1.165, 1.54) is 0 Å². The van der Waals surface area contributed by atoms with Crippen LogP contribution in [0.2, 0.25) is 0 Å². The van der Waals surface area contributed by atoms with Crippen LogP contribution in [0, 0.1) is 11.3 Å². The predicted molar refractivity (Wildman–Crippen MR) is 82.4 cm³/mol. The summed E-state index contributed by atoms with van der Waals surface area (Å²) in [5, 5.41) is 22.8. The second-order valence-corrected chi connectivity index (χ2v) is 6.98. The number of aliphatic hydroxyl groups is 1. The number of carbonyl (C=O) groups is 1. The Labute approximate surface area is 126 Å². The highest BCUT2D eigenvalue weighted by Gasteiger charge is 2.36. The van der Waals surface area contributed by atoms with Gasteiger partial charge in [-0.25, -0.2) is 0 Å². The fourth-order valence-corrected chi connectivity index (χ4v) is 4.02. The molecule has 0 spiro atoms. The summed E-state index contributed by atoms with van der Waals surface area (Å²) in [6.45, 7) is 4.02. The summed E-state index contributed by atoms with van der Waals surface area (Å²) in [4.78, 5) is 12.2. The molecule has 1 saturated heterocycles. The molecule has 1 aliphatic rings. The summed E-state index contributed by atoms with van der Waals surface area (Å²) in [6.07, 6.45) is 4.45. The van der Waals surface area contributed by atoms with E-state index in [9.17, 15) is 15.2 Å². The van der Waals surface area contributed by atoms with Gasteiger partial charge in [-0.3, -0.25) is 4.79 Å². The van der Waals surface area contributed by atoms with Gasteiger partial charge in [-0.05, 0) is 37.2 Å². The van der Waals surface area contributed by atoms with Crippen LogP contribution in [0.4, 0.5) is 0 Å². The molecule has 2 N–H and O–H groups in total. The molecule has 5 heteroatoms. The number of nitriles is 1. The zero-order chi connectivity index (χ0) is 15.1. The summed E-state index contributed by atoms with van der Waals surface area (Å²) in [6, 6.07) is 2.27. The first kappa shape index (κ1) is 17.3. The molecule has 0 saturated carbocycles. The van der Waals surface area contributed by atoms with Crippen molar-refractivity contribution in [1.82, 2.24) is 5.32 Å². The van der Waals surface area contributed by atoms with Crippen LogP contribution in [-0.2, 0) is 4.79 Å². The molecule has 1 amide bonds. The second-order valence-electron chi connectivity index (χ2n) is 5.76. The standard InChI is InChI=1S/C15H26N2O2S/c1-3-5-15(19,6-4-2)11-13(18)17-14(12-16)7-9-20-10-8-14/h19H,3-11H2,1-2H3,(H,17,18). The van der Waals surface area contributed by atoms with Crippen molar-refractivity contribution in [1.29, 1.82) is 5.26 Å². The average molecular weight is 298 g/mol. The van der Waals surface area contributed by atoms with Gasteiger partial charge in [-0.1, -0.05) is 26.7 Å². The molecule has 114 valence electrons. The van der Waals surface area contributed by atoms with Crippen LogP contribution in [-0.4, -0.2) is 33.7 Å². The first-order valence-electron chi connectivity index (χ1n) is 7.51. The van der Waals surface area contributed by atoms with Crippen molar-refractivity contribution in [2.75, 3.05) is 11.5 Å². The smallest absolute Gasteiger partial charge is 0.224 e. The van der Waals surface area contributed by atoms with Crippen molar-refractivity contribution in [3.63, 3.8) is 0 Å². The van der Waals surface area contributed by atoms with Gasteiger partial charge < -0.3 is 10.4 Å². The first-order chi connectivity index (χ1) is 9.49. The predicted octanol–water partition coefficient (Wildman–Crippen LogP) is 2.61. The van der Waals surface area contributed by atoms with E-state index in [-0.39, 0.29) is 12.3 Å². The highest BCUT2D eigenvalue weighted by molar-refractivity contribution is 7.99. The molecular formula is C15H26N2O2S. The van der Waals surface area contributed by atoms with Gasteiger partial charge >= 0.3 is 0 Å². The minimum absolute atomic E-state index is 0.102. The van der Waals surface area contributed by atoms with E-state index < -0.39 is 11.1 Å². The Morgan fingerprint density at radius 3 is 2.35 bits per heavy atom. The minimum atomic E-state index is -0.923. The summed E-state index contributed by atoms with van der Waals surface area (Å²) < 4.78 is 0. The number of carbonyl (C=O) groups excluding carboxylic acids is 1. The van der Waals surface area contributed by atoms with Gasteiger partial charge in [0.05, 0.1) is 18.1 Å². The molecule has 0 aromatic rings. The Morgan fingerprint density at radius 2 is 1.90 bits per heavy atom. The van der Waals surface area contributed by atoms with Gasteiger partial charge in [0, 0.05) is 0 Å². The molecule has 4 nitrogen and oxygen atoms in total. The van der Waals surface area contributed by atoms with Crippen molar-refractivity contribution in [3.05, 3.63) is 0 Å². The Bertz CT molecular complexity index is 353. The van der Waals surface area contributed by atoms with Crippen LogP contribution in [0.25, 0.3) is 0 Å². The molecule has 1 heterocycles. The number of hydrogen-bond acceptors (Lipinski definition) is 4. The van der Waals surface area contributed by atoms with Gasteiger partial charge in [0.1, 0.15) is 5.54 Å². The highest BCUT2D eigenvalue weighted by atomic mass is 32.2. The number of amides is 1. The summed E-state index contributed by atoms with van der Waals surface area (Å²) in [5.41, 5.74) is -1.64. The van der Waals surface area contributed by atoms with Crippen LogP contribution in [0.1, 0.15) is 58.8 Å². The largest absolute Gasteiger partial charge is 0.389 e. The van der Waals surface area contributed by atoms with Crippen molar-refractivity contribution in [2.24, 2.45) is 0 Å². The Kier molecular flexibility index (Phi) is 6.84. The Balaban J connectivity index is 2.62. The van der Waals surface area contributed by atoms with Gasteiger partial charge in [0.15, 0.2) is 0 Å². The number of nitrogens with zero attached hydrogens (tertiary/aromatic N) is 1. The van der Waals surface area contributed by atoms with E-state index in [0.717, 1.165) is 24.3 Å². The van der Waals surface area contributed by atoms with Crippen molar-refractivity contribution in [2.45, 2.75) is 69.9 Å². The molecule has 20 heavy (non-hydrogen) atoms. The van der Waals surface area contributed by atoms with Crippen LogP contribution < -0.4 is 5.32 Å². The lowest BCUT2D eigenvalue weighted by molar-refractivity contribution is -0.128. The number of thioether (sulfide) groups is 1. The molecule has 1 aliphatic heterocycles. The molecular weight excluding hydrogens is 272 g/mol. The van der Waals surface area contributed by atoms with Crippen molar-refractivity contribution < 1.29 is 9.90 Å². The zero-order valence-electron chi connectivity index (χ0n) is 12.6. The topological polar surface area (TPSA) is 73.1 Å². The molecule has 0 bridgehead atoms. The maximum Gasteiger partial charge on any atom is 0.224 e. The van der Waals surface area contributed by atoms with E-state index in [0.29, 0.717) is 25.7 Å². The van der Waals surface area contributed by atoms with Gasteiger partial charge in [0.2, 0.25) is 5.91 Å². The molecule has 0 unspecified atom stereocenters. The third kappa shape index (κ3) is 4.99. The molecule has 0 radical (unpaired) electrons. The molecule has 0 atom stereocenters. The maximum atomic E-state index is 12.2. The van der Waals surface area contributed by atoms with E-state index >= 15 is 0 Å². The van der Waals surface area contributed by atoms with Crippen LogP contribution in [0.3, 0.4) is 0 Å². The Morgan fingerprint density at radius 1 is 1.35 bits per heavy atom. The third-order valence-corrected chi connectivity index (χ3v) is 4.84. The van der Waals surface area contributed by atoms with E-state index in [2.05, 4.69) is 11.4 Å². The van der Waals surface area contributed by atoms with Crippen molar-refractivity contribution >= 4 is 17.7 Å². The molecule has 1 rings (SSSR count). The average Bonchev–Trinajstić information content (AvgIpc) is 2.39. The molecule has 1 fully saturated rings. The van der Waals surface area contributed by atoms with E-state index in [4.69, 9.17) is 0 Å². The summed E-state index contributed by atoms with van der Waals surface area (Å²) >= 11 is 1.82. The lowest BCUT2D eigenvalue weighted by Gasteiger charge is -2.33. The van der Waals surface area contributed by atoms with Crippen LogP contribution >= 0.6 is 11.8 Å². The minimum Gasteiger partial charge on any atom is -0.389 e. The normalized spacial score (nSPS) is 18.3. The summed E-state index contributed by atoms with van der Waals surface area (Å²) in [7, 11) is 0. The van der Waals surface area contributed by atoms with Gasteiger partial charge in [-0.2, -0.15) is 17.0 Å². The second kappa shape index (κ2) is 7.90. The lowest BCUT2D eigenvalue weighted by atomic mass is 9.87. The van der Waals surface area contributed by atoms with Crippen molar-refractivity contribution in [3.8, 4) is 6.07 Å². The fraction of sp³-hybridized carbons (Fsp3) is 0.867. The Hall–Kier alpha value is -0.730. The molecule has 0 aliphatic carbocycles. The zero-order valence-corrected chi connectivity index (χ0v) is 13.4. The maximum absolute atomic E-state index is 12.2. The number of rotatable bonds is 7. The van der Waals surface area contributed by atoms with Gasteiger partial charge in [-0.15, -0.1) is 0 Å². The lowest BCUT2D eigenvalue weighted by Crippen LogP contribution is -2.51. The van der Waals surface area contributed by atoms with E-state index in [1.807, 2.05) is 25.6 Å².